The number of nitrogens with zero attached hydrogens (tertiary/aromatic N) is 3. The fourth-order valence-electron chi connectivity index (χ4n) is 3.58. The number of rotatable bonds is 5. The molecule has 0 aliphatic carbocycles. The van der Waals surface area contributed by atoms with Gasteiger partial charge in [0.25, 0.3) is 0 Å². The summed E-state index contributed by atoms with van der Waals surface area (Å²) in [5, 5.41) is 8.23. The Balaban J connectivity index is 1.48. The van der Waals surface area contributed by atoms with Crippen LogP contribution in [0.5, 0.6) is 0 Å². The van der Waals surface area contributed by atoms with E-state index in [1.165, 1.54) is 11.1 Å². The third-order valence-electron chi connectivity index (χ3n) is 5.12. The zero-order valence-electron chi connectivity index (χ0n) is 16.3. The molecule has 1 aliphatic rings. The van der Waals surface area contributed by atoms with E-state index in [9.17, 15) is 0 Å². The third kappa shape index (κ3) is 4.69. The van der Waals surface area contributed by atoms with Gasteiger partial charge >= 0.3 is 0 Å². The van der Waals surface area contributed by atoms with E-state index in [1.54, 1.807) is 0 Å². The average molecular weight is 341 g/mol. The van der Waals surface area contributed by atoms with Gasteiger partial charge in [-0.15, -0.1) is 0 Å². The van der Waals surface area contributed by atoms with Gasteiger partial charge in [0.05, 0.1) is 6.54 Å². The zero-order chi connectivity index (χ0) is 18.0. The van der Waals surface area contributed by atoms with Crippen LogP contribution in [0.3, 0.4) is 0 Å². The van der Waals surface area contributed by atoms with Gasteiger partial charge in [0.2, 0.25) is 0 Å². The van der Waals surface area contributed by atoms with Crippen molar-refractivity contribution in [1.82, 2.24) is 20.1 Å². The maximum atomic E-state index is 4.49. The first-order valence-electron chi connectivity index (χ1n) is 9.54. The highest BCUT2D eigenvalue weighted by Gasteiger charge is 2.21. The van der Waals surface area contributed by atoms with Gasteiger partial charge in [-0.25, -0.2) is 9.67 Å². The van der Waals surface area contributed by atoms with E-state index in [2.05, 4.69) is 72.0 Å². The van der Waals surface area contributed by atoms with Gasteiger partial charge in [-0.3, -0.25) is 0 Å². The Morgan fingerprint density at radius 3 is 2.64 bits per heavy atom. The van der Waals surface area contributed by atoms with E-state index < -0.39 is 0 Å². The summed E-state index contributed by atoms with van der Waals surface area (Å²) in [6.07, 6.45) is 3.31. The Labute approximate surface area is 152 Å². The summed E-state index contributed by atoms with van der Waals surface area (Å²) in [5.41, 5.74) is 3.06. The zero-order valence-corrected chi connectivity index (χ0v) is 16.3. The molecule has 2 heterocycles. The van der Waals surface area contributed by atoms with Gasteiger partial charge in [0.15, 0.2) is 0 Å². The molecule has 2 aromatic rings. The molecule has 0 bridgehead atoms. The lowest BCUT2D eigenvalue weighted by atomic mass is 9.86. The highest BCUT2D eigenvalue weighted by Crippen LogP contribution is 2.23. The topological polar surface area (TPSA) is 42.7 Å². The Morgan fingerprint density at radius 2 is 1.96 bits per heavy atom. The Kier molecular flexibility index (Phi) is 5.28. The normalized spacial score (nSPS) is 18.8. The molecule has 2 atom stereocenters. The number of benzene rings is 1. The molecule has 136 valence electrons. The number of nitrogens with one attached hydrogen (secondary N) is 1. The summed E-state index contributed by atoms with van der Waals surface area (Å²) in [7, 11) is 0. The van der Waals surface area contributed by atoms with Gasteiger partial charge in [0.1, 0.15) is 11.6 Å². The summed E-state index contributed by atoms with van der Waals surface area (Å²) in [6, 6.07) is 9.67. The minimum atomic E-state index is 0.227. The number of aromatic nitrogens is 3. The first-order valence-corrected chi connectivity index (χ1v) is 9.54. The molecule has 0 spiro atoms. The van der Waals surface area contributed by atoms with E-state index >= 15 is 0 Å². The van der Waals surface area contributed by atoms with E-state index in [0.717, 1.165) is 44.0 Å². The van der Waals surface area contributed by atoms with Crippen molar-refractivity contribution in [2.45, 2.75) is 71.9 Å². The molecular weight excluding hydrogens is 308 g/mol. The predicted octanol–water partition coefficient (Wildman–Crippen LogP) is 3.67. The van der Waals surface area contributed by atoms with Crippen LogP contribution in [0.25, 0.3) is 0 Å². The van der Waals surface area contributed by atoms with Gasteiger partial charge in [-0.05, 0) is 48.8 Å². The molecule has 3 rings (SSSR count). The Bertz CT molecular complexity index is 694. The van der Waals surface area contributed by atoms with E-state index in [1.807, 2.05) is 6.92 Å². The summed E-state index contributed by atoms with van der Waals surface area (Å²) < 4.78 is 2.08. The standard InChI is InChI=1S/C21H32N4/c1-15(12-17-6-8-18(9-7-17)21(3,4)5)13-22-19-10-11-20-23-16(2)24-25(20)14-19/h6-9,15,19,22H,10-14H2,1-5H3. The predicted molar refractivity (Wildman–Crippen MR) is 103 cm³/mol. The van der Waals surface area contributed by atoms with Crippen molar-refractivity contribution in [3.05, 3.63) is 47.0 Å². The van der Waals surface area contributed by atoms with Crippen molar-refractivity contribution >= 4 is 0 Å². The molecule has 1 aromatic carbocycles. The molecule has 1 N–H and O–H groups in total. The molecule has 0 radical (unpaired) electrons. The molecule has 1 aromatic heterocycles. The lowest BCUT2D eigenvalue weighted by Gasteiger charge is -2.25. The molecule has 25 heavy (non-hydrogen) atoms. The molecule has 0 saturated heterocycles. The second-order valence-electron chi connectivity index (χ2n) is 8.66. The highest BCUT2D eigenvalue weighted by molar-refractivity contribution is 5.27. The molecule has 0 amide bonds. The summed E-state index contributed by atoms with van der Waals surface area (Å²) in [6.45, 7) is 13.1. The highest BCUT2D eigenvalue weighted by atomic mass is 15.4. The number of hydrogen-bond acceptors (Lipinski definition) is 3. The summed E-state index contributed by atoms with van der Waals surface area (Å²) >= 11 is 0. The van der Waals surface area contributed by atoms with Crippen LogP contribution in [0.2, 0.25) is 0 Å². The molecule has 2 unspecified atom stereocenters. The van der Waals surface area contributed by atoms with E-state index in [-0.39, 0.29) is 5.41 Å². The monoisotopic (exact) mass is 340 g/mol. The van der Waals surface area contributed by atoms with Gasteiger partial charge < -0.3 is 5.32 Å². The number of hydrogen-bond donors (Lipinski definition) is 1. The maximum absolute atomic E-state index is 4.49. The van der Waals surface area contributed by atoms with Crippen LogP contribution in [-0.4, -0.2) is 27.4 Å². The van der Waals surface area contributed by atoms with Gasteiger partial charge in [-0.1, -0.05) is 52.0 Å². The molecule has 4 heteroatoms. The van der Waals surface area contributed by atoms with Crippen LogP contribution in [0, 0.1) is 12.8 Å². The van der Waals surface area contributed by atoms with Gasteiger partial charge in [0, 0.05) is 12.5 Å². The Morgan fingerprint density at radius 1 is 1.24 bits per heavy atom. The van der Waals surface area contributed by atoms with Crippen LogP contribution < -0.4 is 5.32 Å². The molecule has 4 nitrogen and oxygen atoms in total. The molecular formula is C21H32N4. The quantitative estimate of drug-likeness (QED) is 0.903. The lowest BCUT2D eigenvalue weighted by Crippen LogP contribution is -2.40. The second-order valence-corrected chi connectivity index (χ2v) is 8.66. The average Bonchev–Trinajstić information content (AvgIpc) is 2.92. The maximum Gasteiger partial charge on any atom is 0.147 e. The molecule has 0 saturated carbocycles. The second kappa shape index (κ2) is 7.28. The minimum Gasteiger partial charge on any atom is -0.312 e. The SMILES string of the molecule is Cc1nc2n(n1)CC(NCC(C)Cc1ccc(C(C)(C)C)cc1)CC2. The van der Waals surface area contributed by atoms with Gasteiger partial charge in [-0.2, -0.15) is 5.10 Å². The number of fused-ring (bicyclic) bond motifs is 1. The van der Waals surface area contributed by atoms with Crippen molar-refractivity contribution in [1.29, 1.82) is 0 Å². The van der Waals surface area contributed by atoms with Crippen molar-refractivity contribution in [2.75, 3.05) is 6.54 Å². The molecule has 1 aliphatic heterocycles. The smallest absolute Gasteiger partial charge is 0.147 e. The minimum absolute atomic E-state index is 0.227. The third-order valence-corrected chi connectivity index (χ3v) is 5.12. The first-order chi connectivity index (χ1) is 11.8. The van der Waals surface area contributed by atoms with E-state index in [0.29, 0.717) is 12.0 Å². The van der Waals surface area contributed by atoms with Crippen LogP contribution >= 0.6 is 0 Å². The van der Waals surface area contributed by atoms with Crippen molar-refractivity contribution in [2.24, 2.45) is 5.92 Å². The van der Waals surface area contributed by atoms with Crippen LogP contribution in [-0.2, 0) is 24.8 Å². The van der Waals surface area contributed by atoms with Crippen molar-refractivity contribution in [3.63, 3.8) is 0 Å². The summed E-state index contributed by atoms with van der Waals surface area (Å²) in [4.78, 5) is 4.49. The van der Waals surface area contributed by atoms with Crippen LogP contribution in [0.4, 0.5) is 0 Å². The largest absolute Gasteiger partial charge is 0.312 e. The first kappa shape index (κ1) is 18.1. The molecule has 0 fully saturated rings. The van der Waals surface area contributed by atoms with E-state index in [4.69, 9.17) is 0 Å². The summed E-state index contributed by atoms with van der Waals surface area (Å²) in [5.74, 6) is 2.66. The fourth-order valence-corrected chi connectivity index (χ4v) is 3.58. The Hall–Kier alpha value is -1.68. The lowest BCUT2D eigenvalue weighted by molar-refractivity contribution is 0.340. The number of aryl methyl sites for hydroxylation is 2. The van der Waals surface area contributed by atoms with Crippen LogP contribution in [0.15, 0.2) is 24.3 Å². The van der Waals surface area contributed by atoms with Crippen molar-refractivity contribution in [3.8, 4) is 0 Å². The van der Waals surface area contributed by atoms with Crippen LogP contribution in [0.1, 0.15) is 56.9 Å². The van der Waals surface area contributed by atoms with Crippen molar-refractivity contribution < 1.29 is 0 Å². The fraction of sp³-hybridized carbons (Fsp3) is 0.619.